The monoisotopic (exact) mass is 312 g/mol. The van der Waals surface area contributed by atoms with Crippen LogP contribution >= 0.6 is 15.9 Å². The van der Waals surface area contributed by atoms with Crippen LogP contribution in [-0.4, -0.2) is 18.5 Å². The Morgan fingerprint density at radius 2 is 2.00 bits per heavy atom. The molecule has 0 heterocycles. The topological polar surface area (TPSA) is 41.1 Å². The maximum Gasteiger partial charge on any atom is 0.225 e. The summed E-state index contributed by atoms with van der Waals surface area (Å²) in [5.74, 6) is 0.0498. The summed E-state index contributed by atoms with van der Waals surface area (Å²) in [5.41, 5.74) is 0.837. The minimum Gasteiger partial charge on any atom is -0.326 e. The van der Waals surface area contributed by atoms with E-state index in [0.29, 0.717) is 6.42 Å². The third-order valence-corrected chi connectivity index (χ3v) is 3.17. The molecule has 1 unspecified atom stereocenters. The van der Waals surface area contributed by atoms with Crippen molar-refractivity contribution in [2.24, 2.45) is 0 Å². The number of carbonyl (C=O) groups excluding carboxylic acids is 1. The van der Waals surface area contributed by atoms with E-state index >= 15 is 0 Å². The lowest BCUT2D eigenvalue weighted by Gasteiger charge is -2.13. The molecule has 0 spiro atoms. The van der Waals surface area contributed by atoms with Crippen LogP contribution in [-0.2, 0) is 4.79 Å². The molecule has 0 aliphatic rings. The first kappa shape index (κ1) is 15.2. The molecule has 0 saturated heterocycles. The molecule has 1 rings (SSSR count). The second kappa shape index (κ2) is 8.27. The molecule has 0 saturated carbocycles. The Balaban J connectivity index is 2.30. The number of nitrogens with one attached hydrogen (secondary N) is 2. The predicted octanol–water partition coefficient (Wildman–Crippen LogP) is 3.56. The van der Waals surface area contributed by atoms with Crippen LogP contribution in [0.15, 0.2) is 28.7 Å². The fourth-order valence-corrected chi connectivity index (χ4v) is 1.89. The Hall–Kier alpha value is -0.870. The molecule has 100 valence electrons. The minimum absolute atomic E-state index is 0.0498. The second-order valence-corrected chi connectivity index (χ2v) is 5.38. The van der Waals surface area contributed by atoms with E-state index in [2.05, 4.69) is 33.5 Å². The summed E-state index contributed by atoms with van der Waals surface area (Å²) in [6, 6.07) is 7.82. The van der Waals surface area contributed by atoms with Crippen LogP contribution in [0.3, 0.4) is 0 Å². The van der Waals surface area contributed by atoms with Crippen LogP contribution in [0, 0.1) is 0 Å². The van der Waals surface area contributed by atoms with Gasteiger partial charge in [-0.15, -0.1) is 0 Å². The molecule has 4 heteroatoms. The summed E-state index contributed by atoms with van der Waals surface area (Å²) in [5, 5.41) is 6.23. The van der Waals surface area contributed by atoms with Crippen molar-refractivity contribution in [1.29, 1.82) is 0 Å². The molecule has 0 bridgehead atoms. The lowest BCUT2D eigenvalue weighted by Crippen LogP contribution is -2.31. The number of unbranched alkanes of at least 4 members (excludes halogenated alkanes) is 1. The van der Waals surface area contributed by atoms with Crippen LogP contribution < -0.4 is 10.6 Å². The van der Waals surface area contributed by atoms with Gasteiger partial charge in [0.05, 0.1) is 0 Å². The third kappa shape index (κ3) is 6.17. The number of halogens is 1. The van der Waals surface area contributed by atoms with E-state index in [4.69, 9.17) is 0 Å². The Morgan fingerprint density at radius 1 is 1.33 bits per heavy atom. The largest absolute Gasteiger partial charge is 0.326 e. The van der Waals surface area contributed by atoms with E-state index in [1.54, 1.807) is 0 Å². The molecule has 3 nitrogen and oxygen atoms in total. The van der Waals surface area contributed by atoms with Crippen molar-refractivity contribution in [3.8, 4) is 0 Å². The van der Waals surface area contributed by atoms with Gasteiger partial charge in [0, 0.05) is 22.6 Å². The molecular formula is C14H21BrN2O. The van der Waals surface area contributed by atoms with Gasteiger partial charge < -0.3 is 10.6 Å². The zero-order chi connectivity index (χ0) is 13.4. The second-order valence-electron chi connectivity index (χ2n) is 4.47. The first-order valence-electron chi connectivity index (χ1n) is 6.40. The standard InChI is InChI=1S/C14H21BrN2O/c1-3-4-9-16-11(2)10-14(18)17-13-7-5-12(15)6-8-13/h5-8,11,16H,3-4,9-10H2,1-2H3,(H,17,18). The normalized spacial score (nSPS) is 12.2. The Morgan fingerprint density at radius 3 is 2.61 bits per heavy atom. The number of carbonyl (C=O) groups is 1. The molecule has 0 aliphatic heterocycles. The van der Waals surface area contributed by atoms with E-state index in [1.807, 2.05) is 31.2 Å². The first-order valence-corrected chi connectivity index (χ1v) is 7.20. The van der Waals surface area contributed by atoms with E-state index < -0.39 is 0 Å². The van der Waals surface area contributed by atoms with Gasteiger partial charge in [-0.05, 0) is 44.2 Å². The zero-order valence-electron chi connectivity index (χ0n) is 11.0. The fraction of sp³-hybridized carbons (Fsp3) is 0.500. The van der Waals surface area contributed by atoms with E-state index in [1.165, 1.54) is 6.42 Å². The van der Waals surface area contributed by atoms with Crippen molar-refractivity contribution in [3.63, 3.8) is 0 Å². The predicted molar refractivity (Wildman–Crippen MR) is 79.8 cm³/mol. The lowest BCUT2D eigenvalue weighted by atomic mass is 10.2. The maximum absolute atomic E-state index is 11.8. The quantitative estimate of drug-likeness (QED) is 0.756. The van der Waals surface area contributed by atoms with Gasteiger partial charge in [0.1, 0.15) is 0 Å². The van der Waals surface area contributed by atoms with Crippen LogP contribution in [0.2, 0.25) is 0 Å². The number of amides is 1. The molecule has 1 aromatic carbocycles. The van der Waals surface area contributed by atoms with Crippen molar-refractivity contribution in [1.82, 2.24) is 5.32 Å². The molecule has 0 aromatic heterocycles. The summed E-state index contributed by atoms with van der Waals surface area (Å²) in [7, 11) is 0. The SMILES string of the molecule is CCCCNC(C)CC(=O)Nc1ccc(Br)cc1. The van der Waals surface area contributed by atoms with Gasteiger partial charge >= 0.3 is 0 Å². The summed E-state index contributed by atoms with van der Waals surface area (Å²) >= 11 is 3.36. The molecule has 0 aliphatic carbocycles. The molecule has 1 aromatic rings. The molecule has 0 radical (unpaired) electrons. The number of hydrogen-bond acceptors (Lipinski definition) is 2. The van der Waals surface area contributed by atoms with Gasteiger partial charge in [0.15, 0.2) is 0 Å². The summed E-state index contributed by atoms with van der Waals surface area (Å²) in [6.45, 7) is 5.17. The number of hydrogen-bond donors (Lipinski definition) is 2. The Labute approximate surface area is 117 Å². The van der Waals surface area contributed by atoms with Gasteiger partial charge in [0.25, 0.3) is 0 Å². The van der Waals surface area contributed by atoms with Gasteiger partial charge in [-0.2, -0.15) is 0 Å². The molecule has 1 amide bonds. The van der Waals surface area contributed by atoms with Crippen molar-refractivity contribution in [2.75, 3.05) is 11.9 Å². The lowest BCUT2D eigenvalue weighted by molar-refractivity contribution is -0.116. The highest BCUT2D eigenvalue weighted by molar-refractivity contribution is 9.10. The Bertz CT molecular complexity index is 365. The highest BCUT2D eigenvalue weighted by Crippen LogP contribution is 2.14. The van der Waals surface area contributed by atoms with E-state index in [-0.39, 0.29) is 11.9 Å². The number of anilines is 1. The molecular weight excluding hydrogens is 292 g/mol. The zero-order valence-corrected chi connectivity index (χ0v) is 12.6. The molecule has 18 heavy (non-hydrogen) atoms. The van der Waals surface area contributed by atoms with Crippen LogP contribution in [0.25, 0.3) is 0 Å². The van der Waals surface area contributed by atoms with E-state index in [9.17, 15) is 4.79 Å². The van der Waals surface area contributed by atoms with Gasteiger partial charge in [-0.3, -0.25) is 4.79 Å². The maximum atomic E-state index is 11.8. The van der Waals surface area contributed by atoms with Gasteiger partial charge in [-0.25, -0.2) is 0 Å². The van der Waals surface area contributed by atoms with Gasteiger partial charge in [-0.1, -0.05) is 29.3 Å². The van der Waals surface area contributed by atoms with Crippen LogP contribution in [0.4, 0.5) is 5.69 Å². The fourth-order valence-electron chi connectivity index (χ4n) is 1.62. The average Bonchev–Trinajstić information content (AvgIpc) is 2.32. The average molecular weight is 313 g/mol. The summed E-state index contributed by atoms with van der Waals surface area (Å²) in [4.78, 5) is 11.8. The number of benzene rings is 1. The van der Waals surface area contributed by atoms with Gasteiger partial charge in [0.2, 0.25) is 5.91 Å². The molecule has 1 atom stereocenters. The van der Waals surface area contributed by atoms with Crippen molar-refractivity contribution < 1.29 is 4.79 Å². The molecule has 2 N–H and O–H groups in total. The highest BCUT2D eigenvalue weighted by Gasteiger charge is 2.08. The van der Waals surface area contributed by atoms with Crippen LogP contribution in [0.1, 0.15) is 33.1 Å². The smallest absolute Gasteiger partial charge is 0.225 e. The highest BCUT2D eigenvalue weighted by atomic mass is 79.9. The molecule has 0 fully saturated rings. The summed E-state index contributed by atoms with van der Waals surface area (Å²) in [6.07, 6.45) is 2.82. The first-order chi connectivity index (χ1) is 8.61. The number of rotatable bonds is 7. The third-order valence-electron chi connectivity index (χ3n) is 2.64. The summed E-state index contributed by atoms with van der Waals surface area (Å²) < 4.78 is 1.01. The van der Waals surface area contributed by atoms with Crippen molar-refractivity contribution >= 4 is 27.5 Å². The van der Waals surface area contributed by atoms with Crippen molar-refractivity contribution in [2.45, 2.75) is 39.2 Å². The van der Waals surface area contributed by atoms with E-state index in [0.717, 1.165) is 23.1 Å². The van der Waals surface area contributed by atoms with Crippen LogP contribution in [0.5, 0.6) is 0 Å². The van der Waals surface area contributed by atoms with Crippen molar-refractivity contribution in [3.05, 3.63) is 28.7 Å². The Kier molecular flexibility index (Phi) is 6.98. The minimum atomic E-state index is 0.0498.